The van der Waals surface area contributed by atoms with Crippen LogP contribution in [0.2, 0.25) is 6.32 Å². The van der Waals surface area contributed by atoms with Gasteiger partial charge in [-0.2, -0.15) is 0 Å². The summed E-state index contributed by atoms with van der Waals surface area (Å²) in [6, 6.07) is 9.37. The molecule has 0 saturated heterocycles. The van der Waals surface area contributed by atoms with Gasteiger partial charge in [0, 0.05) is 0 Å². The van der Waals surface area contributed by atoms with E-state index in [1.807, 2.05) is 30.3 Å². The van der Waals surface area contributed by atoms with Gasteiger partial charge in [0.15, 0.2) is 0 Å². The number of hydrogen-bond donors (Lipinski definition) is 6. The third kappa shape index (κ3) is 8.11. The fourth-order valence-corrected chi connectivity index (χ4v) is 2.82. The summed E-state index contributed by atoms with van der Waals surface area (Å²) in [5.74, 6) is -1.19. The number of unbranched alkanes of at least 4 members (excludes halogenated alkanes) is 1. The van der Waals surface area contributed by atoms with Gasteiger partial charge in [-0.15, -0.1) is 9.44 Å². The van der Waals surface area contributed by atoms with Crippen molar-refractivity contribution < 1.29 is 24.5 Å². The lowest BCUT2D eigenvalue weighted by Crippen LogP contribution is -2.57. The zero-order valence-corrected chi connectivity index (χ0v) is 14.2. The van der Waals surface area contributed by atoms with Gasteiger partial charge in [0.05, 0.1) is 13.1 Å². The van der Waals surface area contributed by atoms with Crippen LogP contribution in [0.25, 0.3) is 0 Å². The lowest BCUT2D eigenvalue weighted by molar-refractivity contribution is -0.143. The van der Waals surface area contributed by atoms with Crippen molar-refractivity contribution in [3.05, 3.63) is 35.9 Å². The van der Waals surface area contributed by atoms with Crippen LogP contribution in [0, 0.1) is 0 Å². The average molecular weight is 357 g/mol. The first-order valence-electron chi connectivity index (χ1n) is 7.64. The zero-order chi connectivity index (χ0) is 18.0. The van der Waals surface area contributed by atoms with Gasteiger partial charge in [-0.1, -0.05) is 43.2 Å². The van der Waals surface area contributed by atoms with Crippen LogP contribution in [-0.4, -0.2) is 44.9 Å². The van der Waals surface area contributed by atoms with E-state index in [0.29, 0.717) is 19.4 Å². The minimum Gasteiger partial charge on any atom is -0.579 e. The highest BCUT2D eigenvalue weighted by Gasteiger charge is 2.35. The first-order valence-corrected chi connectivity index (χ1v) is 8.79. The largest absolute Gasteiger partial charge is 0.579 e. The highest BCUT2D eigenvalue weighted by molar-refractivity contribution is 7.87. The van der Waals surface area contributed by atoms with Crippen molar-refractivity contribution in [2.75, 3.05) is 6.54 Å². The Morgan fingerprint density at radius 1 is 1.25 bits per heavy atom. The summed E-state index contributed by atoms with van der Waals surface area (Å²) in [4.78, 5) is 11.4. The van der Waals surface area contributed by atoms with Gasteiger partial charge in [-0.05, 0) is 18.3 Å². The highest BCUT2D eigenvalue weighted by Crippen LogP contribution is 2.13. The molecule has 0 bridgehead atoms. The van der Waals surface area contributed by atoms with Gasteiger partial charge in [0.2, 0.25) is 0 Å². The molecule has 2 unspecified atom stereocenters. The molecule has 0 aliphatic carbocycles. The monoisotopic (exact) mass is 357 g/mol. The summed E-state index contributed by atoms with van der Waals surface area (Å²) in [5, 5.41) is 26.8. The smallest absolute Gasteiger partial charge is 0.451 e. The van der Waals surface area contributed by atoms with Crippen molar-refractivity contribution in [2.45, 2.75) is 37.7 Å². The van der Waals surface area contributed by atoms with Crippen LogP contribution in [0.4, 0.5) is 0 Å². The van der Waals surface area contributed by atoms with Crippen LogP contribution >= 0.6 is 0 Å². The average Bonchev–Trinajstić information content (AvgIpc) is 2.55. The van der Waals surface area contributed by atoms with Crippen molar-refractivity contribution in [3.8, 4) is 0 Å². The highest BCUT2D eigenvalue weighted by atomic mass is 32.2. The Labute approximate surface area is 145 Å². The fraction of sp³-hybridized carbons (Fsp3) is 0.500. The van der Waals surface area contributed by atoms with Crippen molar-refractivity contribution >= 4 is 24.6 Å². The maximum Gasteiger partial charge on any atom is 0.451 e. The van der Waals surface area contributed by atoms with Crippen LogP contribution < -0.4 is 15.2 Å². The van der Waals surface area contributed by atoms with Crippen LogP contribution in [0.1, 0.15) is 24.8 Å². The Morgan fingerprint density at radius 2 is 1.92 bits per heavy atom. The van der Waals surface area contributed by atoms with Crippen LogP contribution in [0.15, 0.2) is 30.3 Å². The molecular formula is C14H24BN3O5S. The third-order valence-electron chi connectivity index (χ3n) is 3.53. The van der Waals surface area contributed by atoms with Gasteiger partial charge >= 0.3 is 13.1 Å². The summed E-state index contributed by atoms with van der Waals surface area (Å²) < 4.78 is 17.2. The summed E-state index contributed by atoms with van der Waals surface area (Å²) in [6.07, 6.45) is 1.16. The summed E-state index contributed by atoms with van der Waals surface area (Å²) in [6.45, 7) is 0.206. The number of rotatable bonds is 12. The number of hydrogen-bond acceptors (Lipinski definition) is 7. The van der Waals surface area contributed by atoms with Crippen LogP contribution in [0.5, 0.6) is 0 Å². The first-order chi connectivity index (χ1) is 11.3. The molecule has 10 heteroatoms. The summed E-state index contributed by atoms with van der Waals surface area (Å²) in [7, 11) is -1.41. The van der Waals surface area contributed by atoms with E-state index in [2.05, 4.69) is 9.44 Å². The van der Waals surface area contributed by atoms with E-state index in [0.717, 1.165) is 5.56 Å². The van der Waals surface area contributed by atoms with Gasteiger partial charge in [0.25, 0.3) is 0 Å². The molecule has 2 atom stereocenters. The molecule has 1 rings (SSSR count). The van der Waals surface area contributed by atoms with E-state index in [4.69, 9.17) is 15.8 Å². The van der Waals surface area contributed by atoms with E-state index >= 15 is 0 Å². The maximum absolute atomic E-state index is 11.9. The minimum absolute atomic E-state index is 0.137. The van der Waals surface area contributed by atoms with Gasteiger partial charge in [-0.25, -0.2) is 0 Å². The standard InChI is InChI=1S/C14H24BN3O5S/c16-14(13(19)20,8-4-5-9-15(21)22)11-18-24(23)17-10-12-6-2-1-3-7-12/h1-3,6-7,17-18,21-22H,4-5,8-11,16H2,(H,19,20). The molecule has 0 amide bonds. The van der Waals surface area contributed by atoms with Crippen LogP contribution in [-0.2, 0) is 22.9 Å². The van der Waals surface area contributed by atoms with Crippen LogP contribution in [0.3, 0.4) is 0 Å². The molecule has 0 radical (unpaired) electrons. The minimum atomic E-state index is -1.62. The fourth-order valence-electron chi connectivity index (χ4n) is 2.03. The molecule has 8 nitrogen and oxygen atoms in total. The Hall–Kier alpha value is -1.14. The van der Waals surface area contributed by atoms with Gasteiger partial charge < -0.3 is 25.4 Å². The Morgan fingerprint density at radius 3 is 2.50 bits per heavy atom. The second-order valence-corrected chi connectivity index (χ2v) is 6.70. The predicted molar refractivity (Wildman–Crippen MR) is 92.8 cm³/mol. The van der Waals surface area contributed by atoms with Crippen molar-refractivity contribution in [1.82, 2.24) is 9.44 Å². The Bertz CT molecular complexity index is 497. The van der Waals surface area contributed by atoms with E-state index in [1.165, 1.54) is 0 Å². The lowest BCUT2D eigenvalue weighted by atomic mass is 9.82. The number of nitrogens with two attached hydrogens (primary N) is 1. The molecule has 0 fully saturated rings. The number of benzene rings is 1. The second kappa shape index (κ2) is 10.7. The Kier molecular flexibility index (Phi) is 9.30. The quantitative estimate of drug-likeness (QED) is 0.164. The summed E-state index contributed by atoms with van der Waals surface area (Å²) >= 11 is -1.62. The first kappa shape index (κ1) is 20.9. The number of carboxylic acid groups (broad SMARTS) is 1. The molecule has 0 aromatic heterocycles. The second-order valence-electron chi connectivity index (χ2n) is 5.58. The number of carboxylic acids is 1. The topological polar surface area (TPSA) is 151 Å². The van der Waals surface area contributed by atoms with Crippen molar-refractivity contribution in [3.63, 3.8) is 0 Å². The molecular weight excluding hydrogens is 333 g/mol. The maximum atomic E-state index is 11.9. The molecule has 0 heterocycles. The number of aliphatic carboxylic acids is 1. The van der Waals surface area contributed by atoms with Crippen molar-refractivity contribution in [2.24, 2.45) is 5.73 Å². The number of nitrogens with one attached hydrogen (secondary N) is 2. The zero-order valence-electron chi connectivity index (χ0n) is 13.4. The van der Waals surface area contributed by atoms with Gasteiger partial charge in [-0.3, -0.25) is 4.79 Å². The molecule has 0 aliphatic heterocycles. The van der Waals surface area contributed by atoms with Gasteiger partial charge in [0.1, 0.15) is 17.1 Å². The Balaban J connectivity index is 2.37. The normalized spacial score (nSPS) is 14.8. The molecule has 0 saturated carbocycles. The van der Waals surface area contributed by atoms with E-state index < -0.39 is 30.2 Å². The van der Waals surface area contributed by atoms with E-state index in [-0.39, 0.29) is 19.3 Å². The molecule has 24 heavy (non-hydrogen) atoms. The predicted octanol–water partition coefficient (Wildman–Crippen LogP) is -0.630. The molecule has 7 N–H and O–H groups in total. The third-order valence-corrected chi connectivity index (χ3v) is 4.34. The van der Waals surface area contributed by atoms with E-state index in [9.17, 15) is 14.5 Å². The SMILES string of the molecule is NC(CCCCB(O)O)(CN[S+]([O-])NCc1ccccc1)C(=O)O. The van der Waals surface area contributed by atoms with Crippen molar-refractivity contribution in [1.29, 1.82) is 0 Å². The van der Waals surface area contributed by atoms with E-state index in [1.54, 1.807) is 0 Å². The molecule has 0 spiro atoms. The molecule has 134 valence electrons. The molecule has 1 aromatic carbocycles. The molecule has 0 aliphatic rings. The number of carbonyl (C=O) groups is 1. The summed E-state index contributed by atoms with van der Waals surface area (Å²) in [5.41, 5.74) is 5.25. The lowest BCUT2D eigenvalue weighted by Gasteiger charge is -2.25. The molecule has 1 aromatic rings.